The minimum Gasteiger partial charge on any atom is -0.389 e. The van der Waals surface area contributed by atoms with E-state index in [1.165, 1.54) is 5.56 Å². The minimum absolute atomic E-state index is 0.0156. The predicted molar refractivity (Wildman–Crippen MR) is 84.8 cm³/mol. The molecule has 1 aromatic carbocycles. The molecule has 0 unspecified atom stereocenters. The number of Topliss-reactive ketones (excluding diaryl/α,β-unsaturated/α-hetero) is 1. The Kier molecular flexibility index (Phi) is 3.44. The molecule has 3 rings (SSSR count). The van der Waals surface area contributed by atoms with Crippen LogP contribution in [0.15, 0.2) is 24.3 Å². The average molecular weight is 298 g/mol. The molecule has 22 heavy (non-hydrogen) atoms. The molecule has 2 N–H and O–H groups in total. The van der Waals surface area contributed by atoms with Gasteiger partial charge in [0.2, 0.25) is 0 Å². The lowest BCUT2D eigenvalue weighted by Gasteiger charge is -2.41. The van der Waals surface area contributed by atoms with Gasteiger partial charge in [-0.15, -0.1) is 0 Å². The van der Waals surface area contributed by atoms with Gasteiger partial charge in [0.25, 0.3) is 0 Å². The number of nitrogens with zero attached hydrogens (tertiary/aromatic N) is 1. The van der Waals surface area contributed by atoms with Gasteiger partial charge in [-0.3, -0.25) is 9.89 Å². The highest BCUT2D eigenvalue weighted by molar-refractivity contribution is 5.82. The summed E-state index contributed by atoms with van der Waals surface area (Å²) in [5, 5.41) is 18.2. The van der Waals surface area contributed by atoms with Gasteiger partial charge in [-0.2, -0.15) is 5.10 Å². The topological polar surface area (TPSA) is 66.0 Å². The van der Waals surface area contributed by atoms with Gasteiger partial charge in [-0.1, -0.05) is 29.8 Å². The van der Waals surface area contributed by atoms with Crippen LogP contribution in [0.25, 0.3) is 0 Å². The van der Waals surface area contributed by atoms with Crippen LogP contribution in [0, 0.1) is 19.8 Å². The Morgan fingerprint density at radius 3 is 2.55 bits per heavy atom. The first-order valence-corrected chi connectivity index (χ1v) is 7.64. The Labute approximate surface area is 130 Å². The zero-order valence-electron chi connectivity index (χ0n) is 13.5. The number of aliphatic hydroxyl groups is 1. The number of fused-ring (bicyclic) bond motifs is 1. The van der Waals surface area contributed by atoms with E-state index in [1.54, 1.807) is 13.8 Å². The number of hydrogen-bond donors (Lipinski definition) is 2. The molecular weight excluding hydrogens is 276 g/mol. The van der Waals surface area contributed by atoms with E-state index >= 15 is 0 Å². The number of H-pyrrole nitrogens is 1. The van der Waals surface area contributed by atoms with E-state index in [4.69, 9.17) is 0 Å². The zero-order valence-corrected chi connectivity index (χ0v) is 13.5. The normalized spacial score (nSPS) is 27.5. The molecule has 4 heteroatoms. The first-order valence-electron chi connectivity index (χ1n) is 7.64. The highest BCUT2D eigenvalue weighted by atomic mass is 16.3. The Hall–Kier alpha value is -1.94. The molecule has 0 saturated carbocycles. The Bertz CT molecular complexity index is 713. The third-order valence-corrected chi connectivity index (χ3v) is 4.79. The fraction of sp³-hybridized carbons (Fsp3) is 0.444. The van der Waals surface area contributed by atoms with E-state index in [2.05, 4.69) is 10.2 Å². The lowest BCUT2D eigenvalue weighted by atomic mass is 9.64. The summed E-state index contributed by atoms with van der Waals surface area (Å²) in [5.41, 5.74) is 4.05. The van der Waals surface area contributed by atoms with Crippen LogP contribution in [0.2, 0.25) is 0 Å². The minimum atomic E-state index is -1.09. The highest BCUT2D eigenvalue weighted by Crippen LogP contribution is 2.46. The van der Waals surface area contributed by atoms with Gasteiger partial charge in [-0.25, -0.2) is 0 Å². The van der Waals surface area contributed by atoms with E-state index in [-0.39, 0.29) is 11.7 Å². The quantitative estimate of drug-likeness (QED) is 0.896. The molecule has 1 aliphatic carbocycles. The zero-order chi connectivity index (χ0) is 16.1. The Morgan fingerprint density at radius 1 is 1.32 bits per heavy atom. The first-order chi connectivity index (χ1) is 10.3. The molecule has 0 radical (unpaired) electrons. The van der Waals surface area contributed by atoms with Crippen molar-refractivity contribution in [3.8, 4) is 0 Å². The molecule has 1 heterocycles. The summed E-state index contributed by atoms with van der Waals surface area (Å²) >= 11 is 0. The van der Waals surface area contributed by atoms with Crippen LogP contribution in [-0.2, 0) is 11.2 Å². The highest BCUT2D eigenvalue weighted by Gasteiger charge is 2.48. The lowest BCUT2D eigenvalue weighted by molar-refractivity contribution is -0.130. The number of rotatable bonds is 2. The van der Waals surface area contributed by atoms with Crippen LogP contribution in [0.4, 0.5) is 0 Å². The number of ketones is 1. The average Bonchev–Trinajstić information content (AvgIpc) is 2.77. The van der Waals surface area contributed by atoms with Gasteiger partial charge in [0.05, 0.1) is 17.2 Å². The maximum absolute atomic E-state index is 12.3. The van der Waals surface area contributed by atoms with Crippen LogP contribution < -0.4 is 0 Å². The van der Waals surface area contributed by atoms with E-state index < -0.39 is 11.5 Å². The number of carbonyl (C=O) groups is 1. The van der Waals surface area contributed by atoms with Crippen molar-refractivity contribution in [3.05, 3.63) is 52.3 Å². The van der Waals surface area contributed by atoms with Gasteiger partial charge in [0.1, 0.15) is 5.78 Å². The SMILES string of the molecule is CC(=O)[C@H]1[C@@H](c2ccc(C)cc2)c2c(n[nH]c2C)C[C@@]1(C)O. The second-order valence-electron chi connectivity index (χ2n) is 6.72. The number of aromatic amines is 1. The van der Waals surface area contributed by atoms with Crippen molar-refractivity contribution >= 4 is 5.78 Å². The van der Waals surface area contributed by atoms with Crippen molar-refractivity contribution < 1.29 is 9.90 Å². The van der Waals surface area contributed by atoms with Gasteiger partial charge in [0, 0.05) is 23.6 Å². The summed E-state index contributed by atoms with van der Waals surface area (Å²) in [5.74, 6) is -0.601. The molecule has 0 aliphatic heterocycles. The summed E-state index contributed by atoms with van der Waals surface area (Å²) in [6, 6.07) is 8.19. The number of aryl methyl sites for hydroxylation is 2. The molecule has 1 aliphatic rings. The Balaban J connectivity index is 2.23. The van der Waals surface area contributed by atoms with Crippen LogP contribution in [0.1, 0.15) is 47.8 Å². The smallest absolute Gasteiger partial charge is 0.136 e. The molecule has 116 valence electrons. The van der Waals surface area contributed by atoms with Gasteiger partial charge < -0.3 is 5.11 Å². The summed E-state index contributed by atoms with van der Waals surface area (Å²) in [4.78, 5) is 12.3. The third-order valence-electron chi connectivity index (χ3n) is 4.79. The van der Waals surface area contributed by atoms with Gasteiger partial charge in [-0.05, 0) is 33.3 Å². The molecule has 1 aromatic heterocycles. The molecule has 0 fully saturated rings. The van der Waals surface area contributed by atoms with Crippen LogP contribution in [-0.4, -0.2) is 26.7 Å². The summed E-state index contributed by atoms with van der Waals surface area (Å²) in [6.07, 6.45) is 0.402. The van der Waals surface area contributed by atoms with Crippen LogP contribution in [0.3, 0.4) is 0 Å². The molecular formula is C18H22N2O2. The number of aromatic nitrogens is 2. The van der Waals surface area contributed by atoms with Crippen molar-refractivity contribution in [3.63, 3.8) is 0 Å². The van der Waals surface area contributed by atoms with E-state index in [0.717, 1.165) is 22.5 Å². The maximum atomic E-state index is 12.3. The first kappa shape index (κ1) is 15.0. The fourth-order valence-corrected chi connectivity index (χ4v) is 3.82. The molecule has 2 aromatic rings. The molecule has 0 amide bonds. The van der Waals surface area contributed by atoms with E-state index in [0.29, 0.717) is 6.42 Å². The third kappa shape index (κ3) is 2.28. The monoisotopic (exact) mass is 298 g/mol. The lowest BCUT2D eigenvalue weighted by Crippen LogP contribution is -2.48. The van der Waals surface area contributed by atoms with Crippen molar-refractivity contribution in [2.24, 2.45) is 5.92 Å². The van der Waals surface area contributed by atoms with Gasteiger partial charge >= 0.3 is 0 Å². The number of carbonyl (C=O) groups excluding carboxylic acids is 1. The molecule has 0 spiro atoms. The van der Waals surface area contributed by atoms with Crippen molar-refractivity contribution in [2.75, 3.05) is 0 Å². The number of nitrogens with one attached hydrogen (secondary N) is 1. The molecule has 3 atom stereocenters. The number of hydrogen-bond acceptors (Lipinski definition) is 3. The molecule has 0 bridgehead atoms. The van der Waals surface area contributed by atoms with E-state index in [1.807, 2.05) is 38.1 Å². The van der Waals surface area contributed by atoms with Crippen LogP contribution in [0.5, 0.6) is 0 Å². The fourth-order valence-electron chi connectivity index (χ4n) is 3.82. The Morgan fingerprint density at radius 2 is 1.95 bits per heavy atom. The number of benzene rings is 1. The maximum Gasteiger partial charge on any atom is 0.136 e. The van der Waals surface area contributed by atoms with Crippen LogP contribution >= 0.6 is 0 Å². The summed E-state index contributed by atoms with van der Waals surface area (Å²) < 4.78 is 0. The van der Waals surface area contributed by atoms with Gasteiger partial charge in [0.15, 0.2) is 0 Å². The van der Waals surface area contributed by atoms with Crippen molar-refractivity contribution in [1.29, 1.82) is 0 Å². The van der Waals surface area contributed by atoms with Crippen molar-refractivity contribution in [2.45, 2.75) is 45.6 Å². The standard InChI is InChI=1S/C18H22N2O2/c1-10-5-7-13(8-6-10)16-15-11(2)19-20-14(15)9-18(4,22)17(16)12(3)21/h5-8,16-17,22H,9H2,1-4H3,(H,19,20)/t16-,17-,18+/m0/s1. The van der Waals surface area contributed by atoms with Crippen molar-refractivity contribution in [1.82, 2.24) is 10.2 Å². The van der Waals surface area contributed by atoms with E-state index in [9.17, 15) is 9.90 Å². The molecule has 4 nitrogen and oxygen atoms in total. The molecule has 0 saturated heterocycles. The second kappa shape index (κ2) is 5.06. The predicted octanol–water partition coefficient (Wildman–Crippen LogP) is 2.67. The summed E-state index contributed by atoms with van der Waals surface area (Å²) in [7, 11) is 0. The largest absolute Gasteiger partial charge is 0.389 e. The second-order valence-corrected chi connectivity index (χ2v) is 6.72. The summed E-state index contributed by atoms with van der Waals surface area (Å²) in [6.45, 7) is 7.33.